The number of carbonyl (C=O) groups is 3. The molecular formula is C25H36N4O3. The highest BCUT2D eigenvalue weighted by Gasteiger charge is 2.23. The molecule has 174 valence electrons. The normalized spacial score (nSPS) is 10.7. The number of aryl methyl sites for hydroxylation is 2. The maximum absolute atomic E-state index is 12.1. The second-order valence-corrected chi connectivity index (χ2v) is 8.78. The standard InChI is InChI=1S/C15H22N2O2.C10H14N2O/c1-6-7-12-10(2)16-8-11(9-18)13(12)17-14(19)15(3,4)5;1-3-4-9-7(2)12-5-8(6-13)10(9)11/h8-9H,6-7H2,1-5H3,(H,16,17,19);5-6H,3-4H2,1-2H3,(H2,11,12). The summed E-state index contributed by atoms with van der Waals surface area (Å²) in [7, 11) is 0. The van der Waals surface area contributed by atoms with Gasteiger partial charge in [-0.05, 0) is 37.8 Å². The molecule has 0 atom stereocenters. The number of nitrogen functional groups attached to an aromatic ring is 1. The van der Waals surface area contributed by atoms with Crippen LogP contribution < -0.4 is 11.1 Å². The summed E-state index contributed by atoms with van der Waals surface area (Å²) in [6.45, 7) is 13.5. The molecule has 7 nitrogen and oxygen atoms in total. The molecule has 0 spiro atoms. The lowest BCUT2D eigenvalue weighted by Crippen LogP contribution is -2.29. The van der Waals surface area contributed by atoms with Crippen molar-refractivity contribution in [2.75, 3.05) is 11.1 Å². The van der Waals surface area contributed by atoms with Gasteiger partial charge in [0.1, 0.15) is 0 Å². The van der Waals surface area contributed by atoms with Gasteiger partial charge in [-0.15, -0.1) is 0 Å². The minimum atomic E-state index is -0.499. The molecule has 2 rings (SSSR count). The molecule has 0 aliphatic carbocycles. The summed E-state index contributed by atoms with van der Waals surface area (Å²) in [6, 6.07) is 0. The lowest BCUT2D eigenvalue weighted by molar-refractivity contribution is -0.123. The van der Waals surface area contributed by atoms with Gasteiger partial charge in [0.05, 0.1) is 16.8 Å². The summed E-state index contributed by atoms with van der Waals surface area (Å²) in [5.74, 6) is -0.0986. The number of nitrogens with zero attached hydrogens (tertiary/aromatic N) is 2. The van der Waals surface area contributed by atoms with E-state index < -0.39 is 5.41 Å². The average Bonchev–Trinajstić information content (AvgIpc) is 2.73. The first-order valence-corrected chi connectivity index (χ1v) is 11.0. The molecule has 2 aromatic heterocycles. The van der Waals surface area contributed by atoms with Crippen molar-refractivity contribution < 1.29 is 14.4 Å². The molecule has 2 aromatic rings. The van der Waals surface area contributed by atoms with Crippen LogP contribution in [0.15, 0.2) is 12.4 Å². The second kappa shape index (κ2) is 12.1. The fourth-order valence-corrected chi connectivity index (χ4v) is 3.10. The van der Waals surface area contributed by atoms with Gasteiger partial charge in [0.2, 0.25) is 5.91 Å². The third kappa shape index (κ3) is 6.97. The summed E-state index contributed by atoms with van der Waals surface area (Å²) >= 11 is 0. The van der Waals surface area contributed by atoms with E-state index in [1.54, 1.807) is 0 Å². The number of nitrogens with two attached hydrogens (primary N) is 1. The van der Waals surface area contributed by atoms with Crippen LogP contribution in [0.4, 0.5) is 11.4 Å². The van der Waals surface area contributed by atoms with Crippen LogP contribution in [0.25, 0.3) is 0 Å². The molecule has 32 heavy (non-hydrogen) atoms. The van der Waals surface area contributed by atoms with Crippen molar-refractivity contribution in [3.63, 3.8) is 0 Å². The monoisotopic (exact) mass is 440 g/mol. The topological polar surface area (TPSA) is 115 Å². The highest BCUT2D eigenvalue weighted by atomic mass is 16.2. The molecule has 3 N–H and O–H groups in total. The van der Waals surface area contributed by atoms with Crippen LogP contribution in [-0.2, 0) is 17.6 Å². The maximum Gasteiger partial charge on any atom is 0.229 e. The number of hydrogen-bond donors (Lipinski definition) is 2. The Morgan fingerprint density at radius 3 is 1.88 bits per heavy atom. The van der Waals surface area contributed by atoms with Crippen LogP contribution in [-0.4, -0.2) is 28.4 Å². The first-order valence-electron chi connectivity index (χ1n) is 11.0. The lowest BCUT2D eigenvalue weighted by atomic mass is 9.94. The van der Waals surface area contributed by atoms with E-state index in [1.807, 2.05) is 34.6 Å². The Morgan fingerprint density at radius 1 is 0.938 bits per heavy atom. The maximum atomic E-state index is 12.1. The van der Waals surface area contributed by atoms with Gasteiger partial charge < -0.3 is 11.1 Å². The predicted molar refractivity (Wildman–Crippen MR) is 129 cm³/mol. The van der Waals surface area contributed by atoms with Crippen molar-refractivity contribution >= 4 is 29.9 Å². The molecule has 7 heteroatoms. The van der Waals surface area contributed by atoms with Crippen molar-refractivity contribution in [1.82, 2.24) is 9.97 Å². The second-order valence-electron chi connectivity index (χ2n) is 8.78. The summed E-state index contributed by atoms with van der Waals surface area (Å²) in [5.41, 5.74) is 11.2. The van der Waals surface area contributed by atoms with Gasteiger partial charge in [-0.3, -0.25) is 24.4 Å². The van der Waals surface area contributed by atoms with Crippen molar-refractivity contribution in [2.45, 2.75) is 74.1 Å². The van der Waals surface area contributed by atoms with E-state index in [4.69, 9.17) is 5.73 Å². The molecule has 0 aromatic carbocycles. The van der Waals surface area contributed by atoms with E-state index >= 15 is 0 Å². The van der Waals surface area contributed by atoms with Gasteiger partial charge in [0.25, 0.3) is 0 Å². The molecule has 0 bridgehead atoms. The Morgan fingerprint density at radius 2 is 1.41 bits per heavy atom. The van der Waals surface area contributed by atoms with E-state index in [2.05, 4.69) is 29.1 Å². The van der Waals surface area contributed by atoms with Crippen molar-refractivity contribution in [3.8, 4) is 0 Å². The Labute approximate surface area is 191 Å². The molecular weight excluding hydrogens is 404 g/mol. The number of aldehydes is 2. The zero-order chi connectivity index (χ0) is 24.5. The van der Waals surface area contributed by atoms with E-state index in [-0.39, 0.29) is 5.91 Å². The van der Waals surface area contributed by atoms with E-state index in [0.717, 1.165) is 60.8 Å². The van der Waals surface area contributed by atoms with Crippen LogP contribution in [0.5, 0.6) is 0 Å². The Bertz CT molecular complexity index is 963. The molecule has 1 amide bonds. The van der Waals surface area contributed by atoms with Crippen molar-refractivity contribution in [2.24, 2.45) is 5.41 Å². The van der Waals surface area contributed by atoms with Crippen LogP contribution in [0.1, 0.15) is 90.7 Å². The average molecular weight is 441 g/mol. The zero-order valence-corrected chi connectivity index (χ0v) is 20.3. The third-order valence-corrected chi connectivity index (χ3v) is 5.07. The van der Waals surface area contributed by atoms with Gasteiger partial charge in [0, 0.05) is 34.9 Å². The summed E-state index contributed by atoms with van der Waals surface area (Å²) in [5, 5.41) is 2.89. The highest BCUT2D eigenvalue weighted by molar-refractivity contribution is 5.99. The lowest BCUT2D eigenvalue weighted by Gasteiger charge is -2.21. The molecule has 0 saturated heterocycles. The van der Waals surface area contributed by atoms with Crippen molar-refractivity contribution in [3.05, 3.63) is 46.0 Å². The van der Waals surface area contributed by atoms with E-state index in [0.29, 0.717) is 22.5 Å². The number of carbonyl (C=O) groups excluding carboxylic acids is 3. The molecule has 2 heterocycles. The highest BCUT2D eigenvalue weighted by Crippen LogP contribution is 2.26. The molecule has 0 unspecified atom stereocenters. The smallest absolute Gasteiger partial charge is 0.229 e. The number of aromatic nitrogens is 2. The zero-order valence-electron chi connectivity index (χ0n) is 20.3. The van der Waals surface area contributed by atoms with Crippen LogP contribution >= 0.6 is 0 Å². The Balaban J connectivity index is 0.000000343. The fraction of sp³-hybridized carbons (Fsp3) is 0.480. The number of hydrogen-bond acceptors (Lipinski definition) is 6. The minimum Gasteiger partial charge on any atom is -0.398 e. The quantitative estimate of drug-likeness (QED) is 0.593. The first kappa shape index (κ1) is 26.9. The third-order valence-electron chi connectivity index (χ3n) is 5.07. The van der Waals surface area contributed by atoms with Crippen LogP contribution in [0, 0.1) is 19.3 Å². The largest absolute Gasteiger partial charge is 0.398 e. The predicted octanol–water partition coefficient (Wildman–Crippen LogP) is 4.88. The fourth-order valence-electron chi connectivity index (χ4n) is 3.10. The Hall–Kier alpha value is -3.09. The van der Waals surface area contributed by atoms with Gasteiger partial charge in [0.15, 0.2) is 12.6 Å². The number of pyridine rings is 2. The molecule has 0 aliphatic heterocycles. The molecule has 0 saturated carbocycles. The Kier molecular flexibility index (Phi) is 10.2. The van der Waals surface area contributed by atoms with Crippen molar-refractivity contribution in [1.29, 1.82) is 0 Å². The van der Waals surface area contributed by atoms with E-state index in [9.17, 15) is 14.4 Å². The summed E-state index contributed by atoms with van der Waals surface area (Å²) < 4.78 is 0. The summed E-state index contributed by atoms with van der Waals surface area (Å²) in [6.07, 6.45) is 8.15. The number of anilines is 2. The van der Waals surface area contributed by atoms with E-state index in [1.165, 1.54) is 12.4 Å². The molecule has 0 fully saturated rings. The van der Waals surface area contributed by atoms with Gasteiger partial charge in [-0.25, -0.2) is 0 Å². The SMILES string of the molecule is CCCc1c(C)ncc(C=O)c1N.CCCc1c(C)ncc(C=O)c1NC(=O)C(C)(C)C. The number of rotatable bonds is 7. The van der Waals surface area contributed by atoms with Crippen LogP contribution in [0.2, 0.25) is 0 Å². The van der Waals surface area contributed by atoms with Gasteiger partial charge >= 0.3 is 0 Å². The first-order chi connectivity index (χ1) is 15.0. The number of nitrogens with one attached hydrogen (secondary N) is 1. The number of amides is 1. The van der Waals surface area contributed by atoms with Gasteiger partial charge in [-0.1, -0.05) is 47.5 Å². The summed E-state index contributed by atoms with van der Waals surface area (Å²) in [4.78, 5) is 42.2. The molecule has 0 aliphatic rings. The van der Waals surface area contributed by atoms with Crippen LogP contribution in [0.3, 0.4) is 0 Å². The molecule has 0 radical (unpaired) electrons. The minimum absolute atomic E-state index is 0.0986. The van der Waals surface area contributed by atoms with Gasteiger partial charge in [-0.2, -0.15) is 0 Å².